The molecule has 1 aliphatic heterocycles. The lowest BCUT2D eigenvalue weighted by Crippen LogP contribution is -2.47. The fourth-order valence-corrected chi connectivity index (χ4v) is 4.22. The molecule has 1 heterocycles. The Kier molecular flexibility index (Phi) is 12.1. The molecule has 1 atom stereocenters. The van der Waals surface area contributed by atoms with Crippen LogP contribution in [0.25, 0.3) is 0 Å². The molecule has 0 aromatic heterocycles. The van der Waals surface area contributed by atoms with Crippen molar-refractivity contribution in [2.45, 2.75) is 58.4 Å². The van der Waals surface area contributed by atoms with E-state index in [4.69, 9.17) is 14.2 Å². The number of amides is 1. The fourth-order valence-electron chi connectivity index (χ4n) is 4.22. The van der Waals surface area contributed by atoms with Gasteiger partial charge >= 0.3 is 0 Å². The number of hydrogen-bond donors (Lipinski definition) is 0. The molecule has 1 amide bonds. The Labute approximate surface area is 214 Å². The van der Waals surface area contributed by atoms with Crippen LogP contribution < -0.4 is 9.47 Å². The number of hydrogen-bond acceptors (Lipinski definition) is 6. The number of likely N-dealkylation sites (tertiary alicyclic amines) is 1. The quantitative estimate of drug-likeness (QED) is 0.204. The number of rotatable bonds is 10. The van der Waals surface area contributed by atoms with Gasteiger partial charge in [0, 0.05) is 25.8 Å². The first kappa shape index (κ1) is 29.0. The number of aryl methyl sites for hydroxylation is 3. The standard InChI is InChI=1S/C17H21NO5.C12H18O/c1-11-8-12(9-14(22-2)16(11)23-3)15(20)17(21)18-7-5-4-6-13(18)10-19;1-11-6-8-12(9-7-11)5-3-4-10-13-2/h8-10,13H,4-7H2,1-3H3;6-9H,3-5,10H2,1-2H3. The number of piperidine rings is 1. The summed E-state index contributed by atoms with van der Waals surface area (Å²) in [6.45, 7) is 5.21. The first-order valence-corrected chi connectivity index (χ1v) is 12.4. The summed E-state index contributed by atoms with van der Waals surface area (Å²) in [6.07, 6.45) is 6.58. The summed E-state index contributed by atoms with van der Waals surface area (Å²) < 4.78 is 15.5. The van der Waals surface area contributed by atoms with E-state index in [1.54, 1.807) is 20.1 Å². The molecule has 0 bridgehead atoms. The van der Waals surface area contributed by atoms with Crippen LogP contribution in [0.2, 0.25) is 0 Å². The van der Waals surface area contributed by atoms with Gasteiger partial charge in [0.05, 0.1) is 20.3 Å². The van der Waals surface area contributed by atoms with Gasteiger partial charge in [-0.3, -0.25) is 9.59 Å². The van der Waals surface area contributed by atoms with Crippen LogP contribution >= 0.6 is 0 Å². The van der Waals surface area contributed by atoms with Crippen LogP contribution in [0.4, 0.5) is 0 Å². The highest BCUT2D eigenvalue weighted by atomic mass is 16.5. The third kappa shape index (κ3) is 8.19. The molecular formula is C29H39NO6. The molecule has 3 rings (SSSR count). The van der Waals surface area contributed by atoms with Gasteiger partial charge in [-0.2, -0.15) is 0 Å². The second-order valence-electron chi connectivity index (χ2n) is 8.99. The van der Waals surface area contributed by atoms with Crippen LogP contribution in [0.5, 0.6) is 11.5 Å². The average Bonchev–Trinajstić information content (AvgIpc) is 2.91. The number of ether oxygens (including phenoxy) is 3. The highest BCUT2D eigenvalue weighted by Gasteiger charge is 2.31. The van der Waals surface area contributed by atoms with Crippen LogP contribution in [0.1, 0.15) is 59.2 Å². The molecule has 1 unspecified atom stereocenters. The number of methoxy groups -OCH3 is 3. The molecule has 36 heavy (non-hydrogen) atoms. The molecule has 2 aromatic carbocycles. The van der Waals surface area contributed by atoms with Crippen LogP contribution in [-0.4, -0.2) is 63.4 Å². The van der Waals surface area contributed by atoms with Crippen LogP contribution in [-0.2, 0) is 20.7 Å². The molecular weight excluding hydrogens is 458 g/mol. The van der Waals surface area contributed by atoms with Gasteiger partial charge in [0.25, 0.3) is 11.7 Å². The second-order valence-corrected chi connectivity index (χ2v) is 8.99. The number of Topliss-reactive ketones (excluding diaryl/α,β-unsaturated/α-hetero) is 1. The highest BCUT2D eigenvalue weighted by molar-refractivity contribution is 6.43. The number of unbranched alkanes of at least 4 members (excludes halogenated alkanes) is 1. The first-order valence-electron chi connectivity index (χ1n) is 12.4. The molecule has 1 saturated heterocycles. The number of carbonyl (C=O) groups excluding carboxylic acids is 3. The summed E-state index contributed by atoms with van der Waals surface area (Å²) in [6, 6.07) is 11.3. The monoisotopic (exact) mass is 497 g/mol. The molecule has 1 fully saturated rings. The number of nitrogens with zero attached hydrogens (tertiary/aromatic N) is 1. The van der Waals surface area contributed by atoms with E-state index in [0.29, 0.717) is 30.0 Å². The normalized spacial score (nSPS) is 14.9. The summed E-state index contributed by atoms with van der Waals surface area (Å²) in [5.41, 5.74) is 3.70. The second kappa shape index (κ2) is 15.0. The van der Waals surface area contributed by atoms with Gasteiger partial charge in [0.2, 0.25) is 0 Å². The van der Waals surface area contributed by atoms with Gasteiger partial charge in [-0.25, -0.2) is 0 Å². The number of aldehydes is 1. The van der Waals surface area contributed by atoms with Gasteiger partial charge in [0.1, 0.15) is 6.29 Å². The average molecular weight is 498 g/mol. The molecule has 7 heteroatoms. The lowest BCUT2D eigenvalue weighted by Gasteiger charge is -2.31. The fraction of sp³-hybridized carbons (Fsp3) is 0.483. The SMILES string of the molecule is COCCCCc1ccc(C)cc1.COc1cc(C(=O)C(=O)N2CCCCC2C=O)cc(C)c1OC. The van der Waals surface area contributed by atoms with E-state index in [9.17, 15) is 14.4 Å². The summed E-state index contributed by atoms with van der Waals surface area (Å²) in [4.78, 5) is 37.5. The zero-order valence-corrected chi connectivity index (χ0v) is 22.2. The third-order valence-electron chi connectivity index (χ3n) is 6.27. The van der Waals surface area contributed by atoms with E-state index < -0.39 is 17.7 Å². The van der Waals surface area contributed by atoms with Gasteiger partial charge in [-0.1, -0.05) is 29.8 Å². The molecule has 0 spiro atoms. The predicted molar refractivity (Wildman–Crippen MR) is 140 cm³/mol. The molecule has 0 N–H and O–H groups in total. The summed E-state index contributed by atoms with van der Waals surface area (Å²) in [5.74, 6) is -0.356. The van der Waals surface area contributed by atoms with Crippen LogP contribution in [0.15, 0.2) is 36.4 Å². The minimum absolute atomic E-state index is 0.236. The van der Waals surface area contributed by atoms with Crippen molar-refractivity contribution in [1.82, 2.24) is 4.90 Å². The van der Waals surface area contributed by atoms with E-state index >= 15 is 0 Å². The van der Waals surface area contributed by atoms with Gasteiger partial charge < -0.3 is 23.9 Å². The van der Waals surface area contributed by atoms with Gasteiger partial charge in [0.15, 0.2) is 11.5 Å². The van der Waals surface area contributed by atoms with Crippen molar-refractivity contribution in [2.24, 2.45) is 0 Å². The van der Waals surface area contributed by atoms with Gasteiger partial charge in [-0.05, 0) is 75.6 Å². The van der Waals surface area contributed by atoms with Crippen LogP contribution in [0, 0.1) is 13.8 Å². The largest absolute Gasteiger partial charge is 0.493 e. The Hall–Kier alpha value is -3.19. The topological polar surface area (TPSA) is 82.1 Å². The maximum Gasteiger partial charge on any atom is 0.295 e. The zero-order chi connectivity index (χ0) is 26.5. The maximum absolute atomic E-state index is 12.5. The van der Waals surface area contributed by atoms with Crippen molar-refractivity contribution in [3.63, 3.8) is 0 Å². The minimum atomic E-state index is -0.645. The van der Waals surface area contributed by atoms with E-state index in [-0.39, 0.29) is 5.56 Å². The van der Waals surface area contributed by atoms with E-state index in [1.165, 1.54) is 49.2 Å². The maximum atomic E-state index is 12.5. The highest BCUT2D eigenvalue weighted by Crippen LogP contribution is 2.32. The molecule has 7 nitrogen and oxygen atoms in total. The van der Waals surface area contributed by atoms with Crippen molar-refractivity contribution >= 4 is 18.0 Å². The summed E-state index contributed by atoms with van der Waals surface area (Å²) in [5, 5.41) is 0. The Morgan fingerprint density at radius 3 is 2.33 bits per heavy atom. The van der Waals surface area contributed by atoms with E-state index in [0.717, 1.165) is 32.2 Å². The van der Waals surface area contributed by atoms with E-state index in [1.807, 2.05) is 0 Å². The number of carbonyl (C=O) groups is 3. The molecule has 196 valence electrons. The van der Waals surface area contributed by atoms with E-state index in [2.05, 4.69) is 31.2 Å². The Bertz CT molecular complexity index is 1000. The molecule has 0 saturated carbocycles. The first-order chi connectivity index (χ1) is 17.4. The van der Waals surface area contributed by atoms with Crippen LogP contribution in [0.3, 0.4) is 0 Å². The molecule has 0 aliphatic carbocycles. The Balaban J connectivity index is 0.000000297. The third-order valence-corrected chi connectivity index (χ3v) is 6.27. The van der Waals surface area contributed by atoms with Crippen molar-refractivity contribution < 1.29 is 28.6 Å². The minimum Gasteiger partial charge on any atom is -0.493 e. The number of benzene rings is 2. The van der Waals surface area contributed by atoms with Crippen molar-refractivity contribution in [3.05, 3.63) is 58.7 Å². The molecule has 0 radical (unpaired) electrons. The molecule has 1 aliphatic rings. The van der Waals surface area contributed by atoms with Crippen molar-refractivity contribution in [3.8, 4) is 11.5 Å². The van der Waals surface area contributed by atoms with Crippen molar-refractivity contribution in [1.29, 1.82) is 0 Å². The summed E-state index contributed by atoms with van der Waals surface area (Å²) >= 11 is 0. The van der Waals surface area contributed by atoms with Gasteiger partial charge in [-0.15, -0.1) is 0 Å². The summed E-state index contributed by atoms with van der Waals surface area (Å²) in [7, 11) is 4.74. The Morgan fingerprint density at radius 1 is 1.00 bits per heavy atom. The lowest BCUT2D eigenvalue weighted by molar-refractivity contribution is -0.133. The smallest absolute Gasteiger partial charge is 0.295 e. The molecule has 2 aromatic rings. The lowest BCUT2D eigenvalue weighted by atomic mass is 10.0. The van der Waals surface area contributed by atoms with Crippen molar-refractivity contribution in [2.75, 3.05) is 34.5 Å². The zero-order valence-electron chi connectivity index (χ0n) is 22.2. The predicted octanol–water partition coefficient (Wildman–Crippen LogP) is 4.74. The Morgan fingerprint density at radius 2 is 1.72 bits per heavy atom. The number of ketones is 1.